The summed E-state index contributed by atoms with van der Waals surface area (Å²) >= 11 is 0. The average Bonchev–Trinajstić information content (AvgIpc) is 3.18. The highest BCUT2D eigenvalue weighted by atomic mass is 19.4. The molecule has 0 spiro atoms. The molecule has 1 aromatic carbocycles. The maximum atomic E-state index is 13.2. The summed E-state index contributed by atoms with van der Waals surface area (Å²) in [6, 6.07) is 3.43. The number of benzene rings is 1. The van der Waals surface area contributed by atoms with Gasteiger partial charge < -0.3 is 9.82 Å². The van der Waals surface area contributed by atoms with E-state index in [4.69, 9.17) is 10.7 Å². The van der Waals surface area contributed by atoms with Gasteiger partial charge in [-0.25, -0.2) is 4.98 Å². The minimum Gasteiger partial charge on any atom is -0.416 e. The van der Waals surface area contributed by atoms with Crippen molar-refractivity contribution in [1.82, 2.24) is 19.7 Å². The predicted octanol–water partition coefficient (Wildman–Crippen LogP) is 4.32. The topological polar surface area (TPSA) is 81.8 Å². The van der Waals surface area contributed by atoms with Gasteiger partial charge in [0, 0.05) is 12.6 Å². The minimum atomic E-state index is -4.57. The van der Waals surface area contributed by atoms with Gasteiger partial charge >= 0.3 is 6.18 Å². The Kier molecular flexibility index (Phi) is 4.73. The van der Waals surface area contributed by atoms with Crippen LogP contribution in [-0.2, 0) is 18.1 Å². The number of rotatable bonds is 4. The second-order valence-electron chi connectivity index (χ2n) is 6.31. The van der Waals surface area contributed by atoms with E-state index in [9.17, 15) is 13.2 Å². The lowest BCUT2D eigenvalue weighted by Gasteiger charge is -2.12. The van der Waals surface area contributed by atoms with Gasteiger partial charge in [0.05, 0.1) is 22.9 Å². The molecule has 6 nitrogen and oxygen atoms in total. The van der Waals surface area contributed by atoms with Crippen LogP contribution in [0.25, 0.3) is 27.9 Å². The lowest BCUT2D eigenvalue weighted by atomic mass is 9.96. The summed E-state index contributed by atoms with van der Waals surface area (Å²) in [7, 11) is 1.74. The van der Waals surface area contributed by atoms with E-state index in [-0.39, 0.29) is 11.0 Å². The van der Waals surface area contributed by atoms with Crippen molar-refractivity contribution >= 4 is 16.6 Å². The molecule has 2 heterocycles. The molecule has 3 N–H and O–H groups in total. The van der Waals surface area contributed by atoms with Crippen molar-refractivity contribution in [3.05, 3.63) is 41.0 Å². The Morgan fingerprint density at radius 1 is 1.33 bits per heavy atom. The molecule has 3 rings (SSSR count). The molecule has 0 saturated heterocycles. The Balaban J connectivity index is 2.39. The molecule has 27 heavy (non-hydrogen) atoms. The van der Waals surface area contributed by atoms with E-state index in [1.165, 1.54) is 0 Å². The van der Waals surface area contributed by atoms with Crippen molar-refractivity contribution in [2.24, 2.45) is 12.9 Å². The Morgan fingerprint density at radius 2 is 2.04 bits per heavy atom. The van der Waals surface area contributed by atoms with Crippen molar-refractivity contribution in [1.29, 1.82) is 0 Å². The van der Waals surface area contributed by atoms with Gasteiger partial charge in [-0.2, -0.15) is 24.2 Å². The zero-order valence-corrected chi connectivity index (χ0v) is 15.4. The standard InChI is InChI=1S/C18H20F3N5O/c1-5-12(10(3)27-22)11-6-13(16-9(2)8-23-26(16)4)15-14(7-11)24-17(25-15)18(19,20)21/h6-8H,5,22H2,1-4H3,(H,24,25)/b12-10+. The summed E-state index contributed by atoms with van der Waals surface area (Å²) in [4.78, 5) is 11.1. The second kappa shape index (κ2) is 6.73. The maximum Gasteiger partial charge on any atom is 0.449 e. The SMILES string of the molecule is CC/C(=C(/C)ON)c1cc(-c2c(C)cnn2C)c2nc(C(F)(F)F)[nH]c2c1. The fourth-order valence-electron chi connectivity index (χ4n) is 3.27. The fourth-order valence-corrected chi connectivity index (χ4v) is 3.27. The first-order valence-electron chi connectivity index (χ1n) is 8.34. The van der Waals surface area contributed by atoms with Gasteiger partial charge in [0.1, 0.15) is 5.76 Å². The van der Waals surface area contributed by atoms with Crippen molar-refractivity contribution in [3.8, 4) is 11.3 Å². The van der Waals surface area contributed by atoms with Gasteiger partial charge in [-0.1, -0.05) is 6.92 Å². The number of hydrogen-bond acceptors (Lipinski definition) is 4. The van der Waals surface area contributed by atoms with Gasteiger partial charge in [-0.15, -0.1) is 0 Å². The highest BCUT2D eigenvalue weighted by Gasteiger charge is 2.35. The number of H-pyrrole nitrogens is 1. The number of halogens is 3. The van der Waals surface area contributed by atoms with Crippen molar-refractivity contribution in [2.45, 2.75) is 33.4 Å². The normalized spacial score (nSPS) is 13.2. The molecule has 0 radical (unpaired) electrons. The zero-order valence-electron chi connectivity index (χ0n) is 15.4. The molecule has 0 saturated carbocycles. The third kappa shape index (κ3) is 3.30. The molecule has 0 amide bonds. The number of nitrogens with two attached hydrogens (primary N) is 1. The molecule has 0 bridgehead atoms. The van der Waals surface area contributed by atoms with Gasteiger partial charge in [0.25, 0.3) is 0 Å². The Morgan fingerprint density at radius 3 is 2.56 bits per heavy atom. The van der Waals surface area contributed by atoms with Crippen LogP contribution in [0, 0.1) is 6.92 Å². The molecule has 3 aromatic rings. The fraction of sp³-hybridized carbons (Fsp3) is 0.333. The maximum absolute atomic E-state index is 13.2. The number of allylic oxidation sites excluding steroid dienone is 2. The molecule has 0 fully saturated rings. The highest BCUT2D eigenvalue weighted by Crippen LogP contribution is 2.37. The number of imidazole rings is 1. The molecular formula is C18H20F3N5O. The van der Waals surface area contributed by atoms with E-state index in [1.54, 1.807) is 37.0 Å². The van der Waals surface area contributed by atoms with Crippen LogP contribution in [0.5, 0.6) is 0 Å². The van der Waals surface area contributed by atoms with Crippen LogP contribution in [0.1, 0.15) is 37.2 Å². The second-order valence-corrected chi connectivity index (χ2v) is 6.31. The molecule has 2 aromatic heterocycles. The predicted molar refractivity (Wildman–Crippen MR) is 96.2 cm³/mol. The number of nitrogens with zero attached hydrogens (tertiary/aromatic N) is 3. The molecule has 0 atom stereocenters. The summed E-state index contributed by atoms with van der Waals surface area (Å²) < 4.78 is 41.3. The number of nitrogens with one attached hydrogen (secondary N) is 1. The Bertz CT molecular complexity index is 1010. The van der Waals surface area contributed by atoms with Gasteiger partial charge in [0.2, 0.25) is 5.82 Å². The molecule has 0 unspecified atom stereocenters. The number of alkyl halides is 3. The Hall–Kier alpha value is -2.81. The van der Waals surface area contributed by atoms with Gasteiger partial charge in [-0.3, -0.25) is 4.68 Å². The van der Waals surface area contributed by atoms with E-state index >= 15 is 0 Å². The van der Waals surface area contributed by atoms with E-state index in [2.05, 4.69) is 15.1 Å². The van der Waals surface area contributed by atoms with Crippen molar-refractivity contribution in [2.75, 3.05) is 0 Å². The summed E-state index contributed by atoms with van der Waals surface area (Å²) in [6.45, 7) is 5.49. The minimum absolute atomic E-state index is 0.236. The largest absolute Gasteiger partial charge is 0.449 e. The van der Waals surface area contributed by atoms with Gasteiger partial charge in [-0.05, 0) is 49.1 Å². The smallest absolute Gasteiger partial charge is 0.416 e. The number of hydrogen-bond donors (Lipinski definition) is 2. The first kappa shape index (κ1) is 19.0. The van der Waals surface area contributed by atoms with Crippen LogP contribution in [0.15, 0.2) is 24.1 Å². The van der Waals surface area contributed by atoms with Crippen LogP contribution in [0.2, 0.25) is 0 Å². The molecule has 144 valence electrons. The molecule has 9 heteroatoms. The first-order valence-corrected chi connectivity index (χ1v) is 8.34. The van der Waals surface area contributed by atoms with E-state index in [1.807, 2.05) is 13.8 Å². The molecule has 0 aliphatic rings. The van der Waals surface area contributed by atoms with Crippen molar-refractivity contribution < 1.29 is 18.0 Å². The van der Waals surface area contributed by atoms with Crippen LogP contribution >= 0.6 is 0 Å². The van der Waals surface area contributed by atoms with Crippen LogP contribution in [0.4, 0.5) is 13.2 Å². The third-order valence-electron chi connectivity index (χ3n) is 4.54. The molecular weight excluding hydrogens is 359 g/mol. The lowest BCUT2D eigenvalue weighted by Crippen LogP contribution is -2.06. The average molecular weight is 379 g/mol. The number of aromatic nitrogens is 4. The van der Waals surface area contributed by atoms with Crippen molar-refractivity contribution in [3.63, 3.8) is 0 Å². The quantitative estimate of drug-likeness (QED) is 0.522. The summed E-state index contributed by atoms with van der Waals surface area (Å²) in [5.41, 5.74) is 4.11. The van der Waals surface area contributed by atoms with Crippen LogP contribution in [-0.4, -0.2) is 19.7 Å². The third-order valence-corrected chi connectivity index (χ3v) is 4.54. The molecule has 0 aliphatic carbocycles. The number of aromatic amines is 1. The number of fused-ring (bicyclic) bond motifs is 1. The summed E-state index contributed by atoms with van der Waals surface area (Å²) in [5, 5.41) is 4.20. The van der Waals surface area contributed by atoms with E-state index < -0.39 is 12.0 Å². The van der Waals surface area contributed by atoms with E-state index in [0.717, 1.165) is 11.1 Å². The first-order chi connectivity index (χ1) is 12.7. The Labute approximate surface area is 153 Å². The van der Waals surface area contributed by atoms with Crippen LogP contribution < -0.4 is 5.90 Å². The van der Waals surface area contributed by atoms with Crippen LogP contribution in [0.3, 0.4) is 0 Å². The molecule has 0 aliphatic heterocycles. The lowest BCUT2D eigenvalue weighted by molar-refractivity contribution is -0.144. The zero-order chi connectivity index (χ0) is 19.9. The summed E-state index contributed by atoms with van der Waals surface area (Å²) in [6.07, 6.45) is -2.31. The number of aryl methyl sites for hydroxylation is 2. The monoisotopic (exact) mass is 379 g/mol. The van der Waals surface area contributed by atoms with Gasteiger partial charge in [0.15, 0.2) is 0 Å². The summed E-state index contributed by atoms with van der Waals surface area (Å²) in [5.74, 6) is 4.76. The van der Waals surface area contributed by atoms with E-state index in [0.29, 0.717) is 29.0 Å². The highest BCUT2D eigenvalue weighted by molar-refractivity contribution is 5.95.